The molecular weight excluding hydrogens is 326 g/mol. The van der Waals surface area contributed by atoms with Crippen LogP contribution in [0.2, 0.25) is 0 Å². The minimum atomic E-state index is -0.293. The van der Waals surface area contributed by atoms with E-state index >= 15 is 0 Å². The Morgan fingerprint density at radius 3 is 2.54 bits per heavy atom. The van der Waals surface area contributed by atoms with Crippen molar-refractivity contribution in [2.75, 3.05) is 13.6 Å². The molecule has 0 radical (unpaired) electrons. The summed E-state index contributed by atoms with van der Waals surface area (Å²) in [6.45, 7) is 4.01. The number of amides is 2. The van der Waals surface area contributed by atoms with E-state index in [1.165, 1.54) is 12.6 Å². The Kier molecular flexibility index (Phi) is 4.98. The molecule has 2 N–H and O–H groups in total. The van der Waals surface area contributed by atoms with Crippen molar-refractivity contribution in [1.82, 2.24) is 15.6 Å². The number of para-hydroxylation sites is 1. The van der Waals surface area contributed by atoms with Crippen molar-refractivity contribution in [3.63, 3.8) is 0 Å². The smallest absolute Gasteiger partial charge is 0.252 e. The van der Waals surface area contributed by atoms with Crippen LogP contribution in [0.1, 0.15) is 21.5 Å². The second-order valence-corrected chi connectivity index (χ2v) is 6.25. The molecule has 0 spiro atoms. The molecule has 0 saturated carbocycles. The molecule has 1 heterocycles. The molecule has 2 amide bonds. The van der Waals surface area contributed by atoms with Gasteiger partial charge in [0.1, 0.15) is 0 Å². The Bertz CT molecular complexity index is 996. The lowest BCUT2D eigenvalue weighted by Crippen LogP contribution is -2.35. The Morgan fingerprint density at radius 2 is 1.81 bits per heavy atom. The summed E-state index contributed by atoms with van der Waals surface area (Å²) >= 11 is 0. The van der Waals surface area contributed by atoms with Crippen LogP contribution in [0.5, 0.6) is 0 Å². The zero-order valence-electron chi connectivity index (χ0n) is 15.1. The average Bonchev–Trinajstić information content (AvgIpc) is 2.64. The largest absolute Gasteiger partial charge is 0.358 e. The Balaban J connectivity index is 2.09. The number of fused-ring (bicyclic) bond motifs is 1. The van der Waals surface area contributed by atoms with Crippen LogP contribution >= 0.6 is 0 Å². The fourth-order valence-corrected chi connectivity index (χ4v) is 2.95. The van der Waals surface area contributed by atoms with Crippen LogP contribution in [0.3, 0.4) is 0 Å². The number of pyridine rings is 1. The molecule has 2 aromatic carbocycles. The monoisotopic (exact) mass is 347 g/mol. The van der Waals surface area contributed by atoms with E-state index in [1.807, 2.05) is 50.2 Å². The van der Waals surface area contributed by atoms with Gasteiger partial charge in [0.05, 0.1) is 23.3 Å². The van der Waals surface area contributed by atoms with Crippen LogP contribution in [0.4, 0.5) is 0 Å². The molecule has 26 heavy (non-hydrogen) atoms. The van der Waals surface area contributed by atoms with Gasteiger partial charge < -0.3 is 10.6 Å². The van der Waals surface area contributed by atoms with E-state index in [2.05, 4.69) is 16.7 Å². The molecule has 5 nitrogen and oxygen atoms in total. The van der Waals surface area contributed by atoms with Gasteiger partial charge in [-0.2, -0.15) is 0 Å². The number of aromatic nitrogens is 1. The van der Waals surface area contributed by atoms with E-state index in [0.29, 0.717) is 5.56 Å². The molecule has 0 aliphatic rings. The van der Waals surface area contributed by atoms with Gasteiger partial charge in [-0.15, -0.1) is 0 Å². The van der Waals surface area contributed by atoms with Gasteiger partial charge in [0.2, 0.25) is 5.91 Å². The molecule has 0 saturated heterocycles. The summed E-state index contributed by atoms with van der Waals surface area (Å²) in [6.07, 6.45) is 0. The van der Waals surface area contributed by atoms with Crippen LogP contribution in [0.25, 0.3) is 22.2 Å². The number of nitrogens with zero attached hydrogens (tertiary/aromatic N) is 1. The number of rotatable bonds is 4. The molecule has 0 atom stereocenters. The molecule has 0 bridgehead atoms. The summed E-state index contributed by atoms with van der Waals surface area (Å²) in [5.74, 6) is -0.537. The second-order valence-electron chi connectivity index (χ2n) is 6.25. The highest BCUT2D eigenvalue weighted by Gasteiger charge is 2.15. The van der Waals surface area contributed by atoms with Gasteiger partial charge in [0, 0.05) is 18.0 Å². The third kappa shape index (κ3) is 3.57. The SMILES string of the molecule is CNC(=O)CNC(=O)c1cc(-c2ccc(C)cc2C)nc2ccccc12. The quantitative estimate of drug-likeness (QED) is 0.762. The highest BCUT2D eigenvalue weighted by Crippen LogP contribution is 2.27. The van der Waals surface area contributed by atoms with Crippen molar-refractivity contribution in [3.05, 3.63) is 65.2 Å². The van der Waals surface area contributed by atoms with Crippen LogP contribution in [0, 0.1) is 13.8 Å². The molecule has 0 unspecified atom stereocenters. The van der Waals surface area contributed by atoms with Crippen molar-refractivity contribution in [2.45, 2.75) is 13.8 Å². The summed E-state index contributed by atoms with van der Waals surface area (Å²) in [5.41, 5.74) is 5.26. The van der Waals surface area contributed by atoms with Crippen molar-refractivity contribution in [3.8, 4) is 11.3 Å². The maximum atomic E-state index is 12.7. The van der Waals surface area contributed by atoms with Crippen LogP contribution in [-0.4, -0.2) is 30.4 Å². The number of hydrogen-bond acceptors (Lipinski definition) is 3. The van der Waals surface area contributed by atoms with Gasteiger partial charge in [0.15, 0.2) is 0 Å². The van der Waals surface area contributed by atoms with Gasteiger partial charge in [-0.05, 0) is 31.5 Å². The van der Waals surface area contributed by atoms with Gasteiger partial charge >= 0.3 is 0 Å². The van der Waals surface area contributed by atoms with E-state index in [4.69, 9.17) is 4.98 Å². The van der Waals surface area contributed by atoms with Crippen molar-refractivity contribution >= 4 is 22.7 Å². The fraction of sp³-hybridized carbons (Fsp3) is 0.190. The minimum absolute atomic E-state index is 0.0646. The van der Waals surface area contributed by atoms with Gasteiger partial charge in [-0.25, -0.2) is 4.98 Å². The second kappa shape index (κ2) is 7.35. The standard InChI is InChI=1S/C21H21N3O2/c1-13-8-9-15(14(2)10-13)19-11-17(21(26)23-12-20(25)22-3)16-6-4-5-7-18(16)24-19/h4-11H,12H2,1-3H3,(H,22,25)(H,23,26). The molecular formula is C21H21N3O2. The molecule has 1 aromatic heterocycles. The lowest BCUT2D eigenvalue weighted by Gasteiger charge is -2.12. The predicted molar refractivity (Wildman–Crippen MR) is 103 cm³/mol. The molecule has 0 fully saturated rings. The van der Waals surface area contributed by atoms with E-state index in [-0.39, 0.29) is 18.4 Å². The van der Waals surface area contributed by atoms with E-state index in [1.54, 1.807) is 6.07 Å². The number of hydrogen-bond donors (Lipinski definition) is 2. The normalized spacial score (nSPS) is 10.6. The highest BCUT2D eigenvalue weighted by molar-refractivity contribution is 6.08. The van der Waals surface area contributed by atoms with Crippen molar-refractivity contribution < 1.29 is 9.59 Å². The summed E-state index contributed by atoms with van der Waals surface area (Å²) in [6, 6.07) is 15.5. The third-order valence-corrected chi connectivity index (χ3v) is 4.31. The number of nitrogens with one attached hydrogen (secondary N) is 2. The van der Waals surface area contributed by atoms with Crippen LogP contribution in [-0.2, 0) is 4.79 Å². The summed E-state index contributed by atoms with van der Waals surface area (Å²) in [4.78, 5) is 28.9. The van der Waals surface area contributed by atoms with Crippen LogP contribution < -0.4 is 10.6 Å². The number of carbonyl (C=O) groups excluding carboxylic acids is 2. The molecule has 0 aliphatic carbocycles. The van der Waals surface area contributed by atoms with Crippen molar-refractivity contribution in [2.24, 2.45) is 0 Å². The summed E-state index contributed by atoms with van der Waals surface area (Å²) < 4.78 is 0. The Labute approximate surface area is 152 Å². The molecule has 3 aromatic rings. The predicted octanol–water partition coefficient (Wildman–Crippen LogP) is 2.99. The van der Waals surface area contributed by atoms with Gasteiger partial charge in [-0.3, -0.25) is 9.59 Å². The fourth-order valence-electron chi connectivity index (χ4n) is 2.95. The Morgan fingerprint density at radius 1 is 1.04 bits per heavy atom. The highest BCUT2D eigenvalue weighted by atomic mass is 16.2. The summed E-state index contributed by atoms with van der Waals surface area (Å²) in [5, 5.41) is 5.92. The topological polar surface area (TPSA) is 71.1 Å². The van der Waals surface area contributed by atoms with E-state index in [9.17, 15) is 9.59 Å². The van der Waals surface area contributed by atoms with Gasteiger partial charge in [0.25, 0.3) is 5.91 Å². The number of likely N-dealkylation sites (N-methyl/N-ethyl adjacent to an activating group) is 1. The third-order valence-electron chi connectivity index (χ3n) is 4.31. The molecule has 3 rings (SSSR count). The summed E-state index contributed by atoms with van der Waals surface area (Å²) in [7, 11) is 1.54. The first-order chi connectivity index (χ1) is 12.5. The maximum Gasteiger partial charge on any atom is 0.252 e. The molecule has 0 aliphatic heterocycles. The minimum Gasteiger partial charge on any atom is -0.358 e. The zero-order valence-corrected chi connectivity index (χ0v) is 15.1. The van der Waals surface area contributed by atoms with Gasteiger partial charge in [-0.1, -0.05) is 42.0 Å². The lowest BCUT2D eigenvalue weighted by molar-refractivity contribution is -0.119. The first-order valence-electron chi connectivity index (χ1n) is 8.46. The zero-order chi connectivity index (χ0) is 18.7. The molecule has 5 heteroatoms. The average molecular weight is 347 g/mol. The molecule has 132 valence electrons. The number of aryl methyl sites for hydroxylation is 2. The Hall–Kier alpha value is -3.21. The lowest BCUT2D eigenvalue weighted by atomic mass is 9.99. The number of carbonyl (C=O) groups is 2. The van der Waals surface area contributed by atoms with E-state index < -0.39 is 0 Å². The maximum absolute atomic E-state index is 12.7. The number of benzene rings is 2. The first-order valence-corrected chi connectivity index (χ1v) is 8.46. The van der Waals surface area contributed by atoms with E-state index in [0.717, 1.165) is 27.7 Å². The van der Waals surface area contributed by atoms with Crippen molar-refractivity contribution in [1.29, 1.82) is 0 Å². The first kappa shape index (κ1) is 17.6. The van der Waals surface area contributed by atoms with Crippen LogP contribution in [0.15, 0.2) is 48.5 Å².